The lowest BCUT2D eigenvalue weighted by atomic mass is 10.2. The highest BCUT2D eigenvalue weighted by molar-refractivity contribution is 5.75. The summed E-state index contributed by atoms with van der Waals surface area (Å²) >= 11 is 0. The molecule has 82 valence electrons. The Kier molecular flexibility index (Phi) is 5.56. The van der Waals surface area contributed by atoms with Crippen molar-refractivity contribution in [3.05, 3.63) is 0 Å². The summed E-state index contributed by atoms with van der Waals surface area (Å²) in [5, 5.41) is 2.87. The third kappa shape index (κ3) is 4.58. The van der Waals surface area contributed by atoms with Crippen LogP contribution in [0.1, 0.15) is 32.1 Å². The van der Waals surface area contributed by atoms with Gasteiger partial charge in [-0.3, -0.25) is 4.79 Å². The highest BCUT2D eigenvalue weighted by Crippen LogP contribution is 2.14. The van der Waals surface area contributed by atoms with Crippen LogP contribution in [0, 0.1) is 0 Å². The minimum Gasteiger partial charge on any atom is -0.378 e. The fraction of sp³-hybridized carbons (Fsp3) is 0.900. The van der Waals surface area contributed by atoms with E-state index in [1.54, 1.807) is 0 Å². The van der Waals surface area contributed by atoms with Crippen LogP contribution in [0.15, 0.2) is 0 Å². The van der Waals surface area contributed by atoms with Crippen molar-refractivity contribution >= 4 is 5.91 Å². The summed E-state index contributed by atoms with van der Waals surface area (Å²) in [6.45, 7) is 2.19. The van der Waals surface area contributed by atoms with Crippen molar-refractivity contribution < 1.29 is 9.53 Å². The highest BCUT2D eigenvalue weighted by atomic mass is 16.5. The summed E-state index contributed by atoms with van der Waals surface area (Å²) in [5.74, 6) is 0.105. The van der Waals surface area contributed by atoms with Gasteiger partial charge < -0.3 is 15.8 Å². The highest BCUT2D eigenvalue weighted by Gasteiger charge is 2.14. The van der Waals surface area contributed by atoms with Gasteiger partial charge in [0, 0.05) is 19.6 Å². The molecule has 1 saturated heterocycles. The van der Waals surface area contributed by atoms with E-state index in [1.807, 2.05) is 0 Å². The van der Waals surface area contributed by atoms with Gasteiger partial charge in [0.25, 0.3) is 0 Å². The Morgan fingerprint density at radius 1 is 1.57 bits per heavy atom. The first-order chi connectivity index (χ1) is 6.83. The maximum absolute atomic E-state index is 11.2. The quantitative estimate of drug-likeness (QED) is 0.652. The van der Waals surface area contributed by atoms with Crippen molar-refractivity contribution in [1.82, 2.24) is 5.32 Å². The van der Waals surface area contributed by atoms with Gasteiger partial charge in [0.1, 0.15) is 0 Å². The molecule has 1 atom stereocenters. The van der Waals surface area contributed by atoms with Gasteiger partial charge in [0.15, 0.2) is 0 Å². The van der Waals surface area contributed by atoms with Gasteiger partial charge in [0.05, 0.1) is 6.10 Å². The number of carbonyl (C=O) groups is 1. The Labute approximate surface area is 85.2 Å². The fourth-order valence-corrected chi connectivity index (χ4v) is 1.60. The number of ether oxygens (including phenoxy) is 1. The van der Waals surface area contributed by atoms with Gasteiger partial charge >= 0.3 is 0 Å². The monoisotopic (exact) mass is 200 g/mol. The summed E-state index contributed by atoms with van der Waals surface area (Å²) in [5.41, 5.74) is 5.31. The zero-order chi connectivity index (χ0) is 10.2. The second kappa shape index (κ2) is 6.79. The number of nitrogens with two attached hydrogens (primary N) is 1. The minimum absolute atomic E-state index is 0.105. The van der Waals surface area contributed by atoms with E-state index in [-0.39, 0.29) is 5.91 Å². The summed E-state index contributed by atoms with van der Waals surface area (Å²) in [6, 6.07) is 0. The molecule has 0 aromatic carbocycles. The maximum atomic E-state index is 11.2. The molecule has 1 rings (SSSR count). The lowest BCUT2D eigenvalue weighted by molar-refractivity contribution is -0.121. The second-order valence-corrected chi connectivity index (χ2v) is 3.67. The van der Waals surface area contributed by atoms with E-state index in [9.17, 15) is 4.79 Å². The van der Waals surface area contributed by atoms with Crippen LogP contribution in [-0.2, 0) is 9.53 Å². The van der Waals surface area contributed by atoms with Gasteiger partial charge in [-0.15, -0.1) is 0 Å². The van der Waals surface area contributed by atoms with Crippen molar-refractivity contribution in [2.75, 3.05) is 19.7 Å². The van der Waals surface area contributed by atoms with Crippen molar-refractivity contribution in [3.8, 4) is 0 Å². The van der Waals surface area contributed by atoms with Crippen molar-refractivity contribution in [2.45, 2.75) is 38.2 Å². The predicted octanol–water partition coefficient (Wildman–Crippen LogP) is 0.411. The normalized spacial score (nSPS) is 21.1. The Morgan fingerprint density at radius 2 is 2.43 bits per heavy atom. The number of hydrogen-bond donors (Lipinski definition) is 2. The molecular formula is C10H20N2O2. The Balaban J connectivity index is 1.94. The lowest BCUT2D eigenvalue weighted by Gasteiger charge is -2.09. The zero-order valence-corrected chi connectivity index (χ0v) is 8.63. The van der Waals surface area contributed by atoms with Crippen LogP contribution in [0.5, 0.6) is 0 Å². The SMILES string of the molecule is NCCCC(=O)NCCC1CCCO1. The molecule has 0 aromatic heterocycles. The van der Waals surface area contributed by atoms with E-state index in [0.717, 1.165) is 38.8 Å². The van der Waals surface area contributed by atoms with Gasteiger partial charge in [-0.1, -0.05) is 0 Å². The molecule has 1 aliphatic rings. The summed E-state index contributed by atoms with van der Waals surface area (Å²) in [6.07, 6.45) is 4.91. The van der Waals surface area contributed by atoms with E-state index < -0.39 is 0 Å². The Morgan fingerprint density at radius 3 is 3.07 bits per heavy atom. The second-order valence-electron chi connectivity index (χ2n) is 3.67. The number of nitrogens with one attached hydrogen (secondary N) is 1. The van der Waals surface area contributed by atoms with Gasteiger partial charge in [0.2, 0.25) is 5.91 Å². The van der Waals surface area contributed by atoms with Gasteiger partial charge in [-0.05, 0) is 32.2 Å². The first-order valence-electron chi connectivity index (χ1n) is 5.41. The van der Waals surface area contributed by atoms with Crippen LogP contribution in [0.25, 0.3) is 0 Å². The molecule has 1 heterocycles. The van der Waals surface area contributed by atoms with E-state index in [2.05, 4.69) is 5.32 Å². The minimum atomic E-state index is 0.105. The largest absolute Gasteiger partial charge is 0.378 e. The maximum Gasteiger partial charge on any atom is 0.220 e. The summed E-state index contributed by atoms with van der Waals surface area (Å²) < 4.78 is 5.44. The number of amides is 1. The molecule has 0 radical (unpaired) electrons. The first kappa shape index (κ1) is 11.5. The molecule has 4 nitrogen and oxygen atoms in total. The van der Waals surface area contributed by atoms with Gasteiger partial charge in [-0.25, -0.2) is 0 Å². The van der Waals surface area contributed by atoms with Gasteiger partial charge in [-0.2, -0.15) is 0 Å². The van der Waals surface area contributed by atoms with Crippen molar-refractivity contribution in [2.24, 2.45) is 5.73 Å². The van der Waals surface area contributed by atoms with E-state index in [0.29, 0.717) is 19.1 Å². The molecule has 1 amide bonds. The van der Waals surface area contributed by atoms with Crippen LogP contribution in [-0.4, -0.2) is 31.7 Å². The van der Waals surface area contributed by atoms with Crippen LogP contribution in [0.3, 0.4) is 0 Å². The fourth-order valence-electron chi connectivity index (χ4n) is 1.60. The molecule has 1 fully saturated rings. The summed E-state index contributed by atoms with van der Waals surface area (Å²) in [4.78, 5) is 11.2. The molecule has 0 bridgehead atoms. The smallest absolute Gasteiger partial charge is 0.220 e. The average Bonchev–Trinajstić information content (AvgIpc) is 2.67. The van der Waals surface area contributed by atoms with Crippen LogP contribution < -0.4 is 11.1 Å². The third-order valence-electron chi connectivity index (χ3n) is 2.42. The van der Waals surface area contributed by atoms with E-state index >= 15 is 0 Å². The molecule has 0 aliphatic carbocycles. The van der Waals surface area contributed by atoms with Crippen LogP contribution in [0.2, 0.25) is 0 Å². The Bertz CT molecular complexity index is 168. The van der Waals surface area contributed by atoms with Crippen molar-refractivity contribution in [3.63, 3.8) is 0 Å². The molecular weight excluding hydrogens is 180 g/mol. The van der Waals surface area contributed by atoms with Crippen molar-refractivity contribution in [1.29, 1.82) is 0 Å². The third-order valence-corrected chi connectivity index (χ3v) is 2.42. The van der Waals surface area contributed by atoms with E-state index in [1.165, 1.54) is 0 Å². The average molecular weight is 200 g/mol. The molecule has 0 spiro atoms. The predicted molar refractivity (Wildman–Crippen MR) is 54.9 cm³/mol. The topological polar surface area (TPSA) is 64.4 Å². The molecule has 14 heavy (non-hydrogen) atoms. The molecule has 1 unspecified atom stereocenters. The standard InChI is InChI=1S/C10H20N2O2/c11-6-1-4-10(13)12-7-5-9-3-2-8-14-9/h9H,1-8,11H2,(H,12,13). The Hall–Kier alpha value is -0.610. The number of hydrogen-bond acceptors (Lipinski definition) is 3. The number of carbonyl (C=O) groups excluding carboxylic acids is 1. The number of rotatable bonds is 6. The van der Waals surface area contributed by atoms with Crippen LogP contribution in [0.4, 0.5) is 0 Å². The van der Waals surface area contributed by atoms with Crippen LogP contribution >= 0.6 is 0 Å². The van der Waals surface area contributed by atoms with E-state index in [4.69, 9.17) is 10.5 Å². The molecule has 0 aromatic rings. The first-order valence-corrected chi connectivity index (χ1v) is 5.41. The lowest BCUT2D eigenvalue weighted by Crippen LogP contribution is -2.27. The molecule has 4 heteroatoms. The molecule has 1 aliphatic heterocycles. The molecule has 0 saturated carbocycles. The summed E-state index contributed by atoms with van der Waals surface area (Å²) in [7, 11) is 0. The molecule has 3 N–H and O–H groups in total. The zero-order valence-electron chi connectivity index (χ0n) is 8.63.